The van der Waals surface area contributed by atoms with Crippen molar-refractivity contribution in [3.05, 3.63) is 67.4 Å². The molecule has 0 amide bonds. The summed E-state index contributed by atoms with van der Waals surface area (Å²) in [4.78, 5) is 32.6. The van der Waals surface area contributed by atoms with Crippen molar-refractivity contribution >= 4 is 23.1 Å². The third-order valence-electron chi connectivity index (χ3n) is 3.41. The molecule has 22 heavy (non-hydrogen) atoms. The first-order valence-corrected chi connectivity index (χ1v) is 7.17. The van der Waals surface area contributed by atoms with Crippen LogP contribution in [-0.4, -0.2) is 15.0 Å². The van der Waals surface area contributed by atoms with Gasteiger partial charge in [0.05, 0.1) is 0 Å². The molecule has 2 heterocycles. The zero-order valence-corrected chi connectivity index (χ0v) is 12.4. The monoisotopic (exact) mass is 295 g/mol. The molecule has 2 aromatic heterocycles. The Morgan fingerprint density at radius 1 is 1.00 bits per heavy atom. The lowest BCUT2D eigenvalue weighted by molar-refractivity contribution is 0.866. The highest BCUT2D eigenvalue weighted by Gasteiger charge is 2.01. The SMILES string of the molecule is CC(C)/C=c1/[nH]c(=O)/c(=C/c2c[nH]c3ccccc23)[nH]c1=O. The van der Waals surface area contributed by atoms with Gasteiger partial charge in [-0.3, -0.25) is 9.59 Å². The Balaban J connectivity index is 2.23. The predicted octanol–water partition coefficient (Wildman–Crippen LogP) is 0.810. The van der Waals surface area contributed by atoms with E-state index in [2.05, 4.69) is 15.0 Å². The molecule has 0 bridgehead atoms. The van der Waals surface area contributed by atoms with Crippen LogP contribution in [0.2, 0.25) is 0 Å². The van der Waals surface area contributed by atoms with E-state index in [1.54, 1.807) is 12.2 Å². The largest absolute Gasteiger partial charge is 0.361 e. The fraction of sp³-hybridized carbons (Fsp3) is 0.176. The van der Waals surface area contributed by atoms with Gasteiger partial charge in [0.1, 0.15) is 10.7 Å². The topological polar surface area (TPSA) is 81.5 Å². The summed E-state index contributed by atoms with van der Waals surface area (Å²) < 4.78 is 0. The quantitative estimate of drug-likeness (QED) is 0.654. The molecule has 0 unspecified atom stereocenters. The van der Waals surface area contributed by atoms with E-state index in [0.29, 0.717) is 5.35 Å². The molecule has 0 atom stereocenters. The van der Waals surface area contributed by atoms with Gasteiger partial charge in [0, 0.05) is 22.7 Å². The van der Waals surface area contributed by atoms with Crippen molar-refractivity contribution in [2.75, 3.05) is 0 Å². The Kier molecular flexibility index (Phi) is 3.55. The minimum atomic E-state index is -0.309. The average Bonchev–Trinajstić information content (AvgIpc) is 2.87. The van der Waals surface area contributed by atoms with E-state index >= 15 is 0 Å². The van der Waals surface area contributed by atoms with E-state index in [-0.39, 0.29) is 22.4 Å². The normalized spacial score (nSPS) is 13.4. The summed E-state index contributed by atoms with van der Waals surface area (Å²) in [5.41, 5.74) is 1.24. The second kappa shape index (κ2) is 5.52. The van der Waals surface area contributed by atoms with Crippen molar-refractivity contribution in [3.63, 3.8) is 0 Å². The maximum absolute atomic E-state index is 12.1. The van der Waals surface area contributed by atoms with Crippen molar-refractivity contribution < 1.29 is 0 Å². The van der Waals surface area contributed by atoms with E-state index in [0.717, 1.165) is 16.5 Å². The van der Waals surface area contributed by atoms with Crippen LogP contribution in [0.15, 0.2) is 40.1 Å². The maximum Gasteiger partial charge on any atom is 0.272 e. The van der Waals surface area contributed by atoms with Gasteiger partial charge >= 0.3 is 0 Å². The highest BCUT2D eigenvalue weighted by atomic mass is 16.1. The highest BCUT2D eigenvalue weighted by Crippen LogP contribution is 2.17. The lowest BCUT2D eigenvalue weighted by atomic mass is 10.1. The van der Waals surface area contributed by atoms with Crippen molar-refractivity contribution in [1.82, 2.24) is 15.0 Å². The van der Waals surface area contributed by atoms with Crippen LogP contribution in [-0.2, 0) is 0 Å². The van der Waals surface area contributed by atoms with E-state index in [9.17, 15) is 9.59 Å². The molecule has 3 N–H and O–H groups in total. The molecule has 0 saturated heterocycles. The summed E-state index contributed by atoms with van der Waals surface area (Å²) in [7, 11) is 0. The van der Waals surface area contributed by atoms with Gasteiger partial charge in [0.25, 0.3) is 11.1 Å². The molecule has 0 saturated carbocycles. The Hall–Kier alpha value is -2.82. The van der Waals surface area contributed by atoms with Gasteiger partial charge in [-0.25, -0.2) is 0 Å². The fourth-order valence-electron chi connectivity index (χ4n) is 2.41. The molecular weight excluding hydrogens is 278 g/mol. The number of benzene rings is 1. The van der Waals surface area contributed by atoms with Crippen LogP contribution in [0.25, 0.3) is 23.1 Å². The molecule has 3 rings (SSSR count). The molecule has 0 fully saturated rings. The van der Waals surface area contributed by atoms with Crippen molar-refractivity contribution in [2.45, 2.75) is 13.8 Å². The second-order valence-electron chi connectivity index (χ2n) is 5.58. The first-order chi connectivity index (χ1) is 10.5. The third-order valence-corrected chi connectivity index (χ3v) is 3.41. The fourth-order valence-corrected chi connectivity index (χ4v) is 2.41. The molecule has 0 spiro atoms. The molecule has 3 aromatic rings. The first kappa shape index (κ1) is 14.1. The summed E-state index contributed by atoms with van der Waals surface area (Å²) in [6.07, 6.45) is 5.23. The van der Waals surface area contributed by atoms with Crippen molar-refractivity contribution in [2.24, 2.45) is 5.92 Å². The van der Waals surface area contributed by atoms with Gasteiger partial charge in [-0.05, 0) is 18.1 Å². The lowest BCUT2D eigenvalue weighted by Gasteiger charge is -1.94. The number of aromatic amines is 3. The smallest absolute Gasteiger partial charge is 0.272 e. The second-order valence-corrected chi connectivity index (χ2v) is 5.58. The molecule has 1 aromatic carbocycles. The number of rotatable bonds is 2. The predicted molar refractivity (Wildman–Crippen MR) is 88.1 cm³/mol. The van der Waals surface area contributed by atoms with Crippen LogP contribution < -0.4 is 21.8 Å². The number of hydrogen-bond acceptors (Lipinski definition) is 2. The molecule has 5 heteroatoms. The Morgan fingerprint density at radius 3 is 2.45 bits per heavy atom. The zero-order chi connectivity index (χ0) is 15.7. The number of nitrogens with one attached hydrogen (secondary N) is 3. The van der Waals surface area contributed by atoms with E-state index in [4.69, 9.17) is 0 Å². The molecule has 0 aliphatic carbocycles. The maximum atomic E-state index is 12.1. The molecular formula is C17H17N3O2. The minimum absolute atomic E-state index is 0.181. The minimum Gasteiger partial charge on any atom is -0.361 e. The number of fused-ring (bicyclic) bond motifs is 1. The van der Waals surface area contributed by atoms with E-state index < -0.39 is 0 Å². The summed E-state index contributed by atoms with van der Waals surface area (Å²) in [5, 5.41) is 1.55. The molecule has 0 aliphatic rings. The molecule has 0 aliphatic heterocycles. The standard InChI is InChI=1S/C17H17N3O2/c1-10(2)7-14-16(21)20-15(17(22)19-14)8-11-9-18-13-6-4-3-5-12(11)13/h3-10,18H,1-2H3,(H,19,22)(H,20,21)/b14-7+,15-8-. The zero-order valence-electron chi connectivity index (χ0n) is 12.4. The van der Waals surface area contributed by atoms with Gasteiger partial charge in [-0.1, -0.05) is 38.1 Å². The summed E-state index contributed by atoms with van der Waals surface area (Å²) >= 11 is 0. The highest BCUT2D eigenvalue weighted by molar-refractivity contribution is 5.88. The van der Waals surface area contributed by atoms with Crippen molar-refractivity contribution in [3.8, 4) is 0 Å². The summed E-state index contributed by atoms with van der Waals surface area (Å²) in [6, 6.07) is 7.79. The first-order valence-electron chi connectivity index (χ1n) is 7.17. The van der Waals surface area contributed by atoms with Crippen LogP contribution in [0.3, 0.4) is 0 Å². The van der Waals surface area contributed by atoms with Gasteiger partial charge in [-0.15, -0.1) is 0 Å². The number of para-hydroxylation sites is 1. The lowest BCUT2D eigenvalue weighted by Crippen LogP contribution is -2.47. The summed E-state index contributed by atoms with van der Waals surface area (Å²) in [5.74, 6) is 0.181. The Morgan fingerprint density at radius 2 is 1.68 bits per heavy atom. The van der Waals surface area contributed by atoms with Gasteiger partial charge in [0.15, 0.2) is 0 Å². The van der Waals surface area contributed by atoms with Crippen LogP contribution in [0.5, 0.6) is 0 Å². The Labute approximate surface area is 126 Å². The van der Waals surface area contributed by atoms with E-state index in [1.807, 2.05) is 44.3 Å². The number of hydrogen-bond donors (Lipinski definition) is 3. The number of H-pyrrole nitrogens is 3. The summed E-state index contributed by atoms with van der Waals surface area (Å²) in [6.45, 7) is 3.90. The van der Waals surface area contributed by atoms with Gasteiger partial charge in [-0.2, -0.15) is 0 Å². The van der Waals surface area contributed by atoms with E-state index in [1.165, 1.54) is 0 Å². The van der Waals surface area contributed by atoms with Crippen LogP contribution in [0.1, 0.15) is 19.4 Å². The molecule has 0 radical (unpaired) electrons. The van der Waals surface area contributed by atoms with Gasteiger partial charge < -0.3 is 15.0 Å². The Bertz CT molecular complexity index is 1050. The molecule has 112 valence electrons. The third kappa shape index (κ3) is 2.65. The van der Waals surface area contributed by atoms with Crippen LogP contribution in [0, 0.1) is 5.92 Å². The number of aromatic nitrogens is 3. The van der Waals surface area contributed by atoms with Crippen LogP contribution >= 0.6 is 0 Å². The average molecular weight is 295 g/mol. The van der Waals surface area contributed by atoms with Crippen molar-refractivity contribution in [1.29, 1.82) is 0 Å². The van der Waals surface area contributed by atoms with Crippen LogP contribution in [0.4, 0.5) is 0 Å². The molecule has 5 nitrogen and oxygen atoms in total. The van der Waals surface area contributed by atoms with Gasteiger partial charge in [0.2, 0.25) is 0 Å².